The Morgan fingerprint density at radius 1 is 1.38 bits per heavy atom. The van der Waals surface area contributed by atoms with Gasteiger partial charge >= 0.3 is 5.97 Å². The number of fused-ring (bicyclic) bond motifs is 3. The Labute approximate surface area is 74.9 Å². The quantitative estimate of drug-likeness (QED) is 0.687. The second-order valence-corrected chi connectivity index (χ2v) is 4.18. The second-order valence-electron chi connectivity index (χ2n) is 4.18. The molecule has 0 amide bonds. The predicted octanol–water partition coefficient (Wildman–Crippen LogP) is 2.14. The van der Waals surface area contributed by atoms with Crippen LogP contribution in [-0.4, -0.2) is 17.0 Å². The van der Waals surface area contributed by atoms with Crippen molar-refractivity contribution in [3.63, 3.8) is 0 Å². The molecular weight excluding hydrogens is 178 g/mol. The molecule has 3 rings (SSSR count). The third-order valence-corrected chi connectivity index (χ3v) is 3.44. The second kappa shape index (κ2) is 2.66. The maximum absolute atomic E-state index is 13.1. The van der Waals surface area contributed by atoms with Gasteiger partial charge in [0.05, 0.1) is 5.92 Å². The molecule has 3 atom stereocenters. The molecule has 2 bridgehead atoms. The fourth-order valence-electron chi connectivity index (χ4n) is 2.68. The molecule has 0 saturated heterocycles. The number of carboxylic acids is 1. The average molecular weight is 190 g/mol. The van der Waals surface area contributed by atoms with Crippen molar-refractivity contribution in [1.29, 1.82) is 0 Å². The minimum absolute atomic E-state index is 0.174. The fraction of sp³-hybridized carbons (Fsp3) is 0.889. The van der Waals surface area contributed by atoms with E-state index < -0.39 is 23.7 Å². The summed E-state index contributed by atoms with van der Waals surface area (Å²) in [6.45, 7) is 0. The van der Waals surface area contributed by atoms with Gasteiger partial charge in [0.2, 0.25) is 0 Å². The summed E-state index contributed by atoms with van der Waals surface area (Å²) in [5.74, 6) is -4.99. The summed E-state index contributed by atoms with van der Waals surface area (Å²) in [6.07, 6.45) is 1.13. The lowest BCUT2D eigenvalue weighted by molar-refractivity contribution is -0.171. The monoisotopic (exact) mass is 190 g/mol. The van der Waals surface area contributed by atoms with Gasteiger partial charge in [0.15, 0.2) is 0 Å². The van der Waals surface area contributed by atoms with Crippen LogP contribution < -0.4 is 0 Å². The van der Waals surface area contributed by atoms with Crippen LogP contribution in [0.15, 0.2) is 0 Å². The molecule has 3 fully saturated rings. The molecule has 0 spiro atoms. The number of alkyl halides is 2. The summed E-state index contributed by atoms with van der Waals surface area (Å²) in [4.78, 5) is 10.7. The van der Waals surface area contributed by atoms with Crippen molar-refractivity contribution >= 4 is 5.97 Å². The summed E-state index contributed by atoms with van der Waals surface area (Å²) in [5.41, 5.74) is 0. The van der Waals surface area contributed by atoms with Crippen LogP contribution in [0, 0.1) is 17.8 Å². The first-order chi connectivity index (χ1) is 6.00. The van der Waals surface area contributed by atoms with Gasteiger partial charge in [-0.15, -0.1) is 0 Å². The molecule has 74 valence electrons. The normalized spacial score (nSPS) is 41.8. The van der Waals surface area contributed by atoms with Crippen LogP contribution in [0.5, 0.6) is 0 Å². The van der Waals surface area contributed by atoms with Gasteiger partial charge in [-0.05, 0) is 25.2 Å². The minimum Gasteiger partial charge on any atom is -0.481 e. The van der Waals surface area contributed by atoms with E-state index in [1.54, 1.807) is 0 Å². The minimum atomic E-state index is -2.60. The molecule has 13 heavy (non-hydrogen) atoms. The van der Waals surface area contributed by atoms with Crippen LogP contribution in [0.4, 0.5) is 8.78 Å². The Kier molecular flexibility index (Phi) is 1.82. The van der Waals surface area contributed by atoms with Crippen LogP contribution in [0.1, 0.15) is 25.7 Å². The molecule has 0 aromatic heterocycles. The lowest BCUT2D eigenvalue weighted by Gasteiger charge is -2.45. The van der Waals surface area contributed by atoms with E-state index in [1.165, 1.54) is 0 Å². The number of halogens is 2. The highest BCUT2D eigenvalue weighted by Crippen LogP contribution is 2.52. The Morgan fingerprint density at radius 3 is 2.46 bits per heavy atom. The van der Waals surface area contributed by atoms with Crippen molar-refractivity contribution in [2.45, 2.75) is 31.6 Å². The number of rotatable bonds is 1. The standard InChI is InChI=1S/C9H12F2O2/c10-9(11)4-5-1-2-6(9)3-7(5)8(12)13/h5-7H,1-4H2,(H,12,13). The van der Waals surface area contributed by atoms with E-state index in [1.807, 2.05) is 0 Å². The first kappa shape index (κ1) is 8.91. The molecule has 0 aliphatic heterocycles. The summed E-state index contributed by atoms with van der Waals surface area (Å²) < 4.78 is 26.3. The van der Waals surface area contributed by atoms with Crippen molar-refractivity contribution in [2.75, 3.05) is 0 Å². The van der Waals surface area contributed by atoms with E-state index in [9.17, 15) is 13.6 Å². The molecule has 3 aliphatic rings. The maximum Gasteiger partial charge on any atom is 0.306 e. The Hall–Kier alpha value is -0.670. The molecule has 0 aromatic carbocycles. The Bertz CT molecular complexity index is 240. The van der Waals surface area contributed by atoms with Gasteiger partial charge in [-0.2, -0.15) is 0 Å². The van der Waals surface area contributed by atoms with Gasteiger partial charge in [0.1, 0.15) is 0 Å². The van der Waals surface area contributed by atoms with Gasteiger partial charge < -0.3 is 5.11 Å². The molecule has 3 aliphatic carbocycles. The number of hydrogen-bond donors (Lipinski definition) is 1. The van der Waals surface area contributed by atoms with Crippen LogP contribution in [0.3, 0.4) is 0 Å². The molecule has 0 radical (unpaired) electrons. The van der Waals surface area contributed by atoms with E-state index in [2.05, 4.69) is 0 Å². The molecule has 1 N–H and O–H groups in total. The molecule has 3 unspecified atom stereocenters. The zero-order valence-electron chi connectivity index (χ0n) is 7.17. The summed E-state index contributed by atoms with van der Waals surface area (Å²) in [6, 6.07) is 0. The fourth-order valence-corrected chi connectivity index (χ4v) is 2.68. The summed E-state index contributed by atoms with van der Waals surface area (Å²) in [5, 5.41) is 8.79. The molecule has 2 nitrogen and oxygen atoms in total. The summed E-state index contributed by atoms with van der Waals surface area (Å²) in [7, 11) is 0. The van der Waals surface area contributed by atoms with Gasteiger partial charge in [0, 0.05) is 12.3 Å². The summed E-state index contributed by atoms with van der Waals surface area (Å²) >= 11 is 0. The lowest BCUT2D eigenvalue weighted by atomic mass is 9.63. The van der Waals surface area contributed by atoms with E-state index in [4.69, 9.17) is 5.11 Å². The van der Waals surface area contributed by atoms with Crippen molar-refractivity contribution in [2.24, 2.45) is 17.8 Å². The zero-order chi connectivity index (χ0) is 9.64. The SMILES string of the molecule is O=C(O)C1CC2CCC1CC2(F)F. The predicted molar refractivity (Wildman–Crippen MR) is 41.5 cm³/mol. The molecule has 4 heteroatoms. The first-order valence-electron chi connectivity index (χ1n) is 4.61. The molecule has 0 aromatic rings. The number of carbonyl (C=O) groups is 1. The van der Waals surface area contributed by atoms with E-state index in [0.717, 1.165) is 0 Å². The van der Waals surface area contributed by atoms with Crippen LogP contribution in [-0.2, 0) is 4.79 Å². The highest BCUT2D eigenvalue weighted by Gasteiger charge is 2.54. The lowest BCUT2D eigenvalue weighted by Crippen LogP contribution is -2.47. The zero-order valence-corrected chi connectivity index (χ0v) is 7.17. The number of aliphatic carboxylic acids is 1. The molecule has 0 heterocycles. The Balaban J connectivity index is 2.16. The average Bonchev–Trinajstić information content (AvgIpc) is 2.02. The number of carboxylic acid groups (broad SMARTS) is 1. The van der Waals surface area contributed by atoms with Gasteiger partial charge in [-0.3, -0.25) is 4.79 Å². The van der Waals surface area contributed by atoms with E-state index in [-0.39, 0.29) is 18.8 Å². The van der Waals surface area contributed by atoms with Crippen LogP contribution in [0.25, 0.3) is 0 Å². The molecule has 3 saturated carbocycles. The third-order valence-electron chi connectivity index (χ3n) is 3.44. The van der Waals surface area contributed by atoms with Crippen LogP contribution >= 0.6 is 0 Å². The van der Waals surface area contributed by atoms with Gasteiger partial charge in [-0.1, -0.05) is 0 Å². The van der Waals surface area contributed by atoms with Crippen molar-refractivity contribution in [3.8, 4) is 0 Å². The number of hydrogen-bond acceptors (Lipinski definition) is 1. The smallest absolute Gasteiger partial charge is 0.306 e. The van der Waals surface area contributed by atoms with E-state index in [0.29, 0.717) is 12.8 Å². The molecular formula is C9H12F2O2. The third kappa shape index (κ3) is 1.32. The van der Waals surface area contributed by atoms with Gasteiger partial charge in [-0.25, -0.2) is 8.78 Å². The maximum atomic E-state index is 13.1. The van der Waals surface area contributed by atoms with E-state index >= 15 is 0 Å². The van der Waals surface area contributed by atoms with Crippen molar-refractivity contribution in [3.05, 3.63) is 0 Å². The largest absolute Gasteiger partial charge is 0.481 e. The first-order valence-corrected chi connectivity index (χ1v) is 4.61. The topological polar surface area (TPSA) is 37.3 Å². The van der Waals surface area contributed by atoms with Gasteiger partial charge in [0.25, 0.3) is 5.92 Å². The van der Waals surface area contributed by atoms with Crippen LogP contribution in [0.2, 0.25) is 0 Å². The highest BCUT2D eigenvalue weighted by atomic mass is 19.3. The highest BCUT2D eigenvalue weighted by molar-refractivity contribution is 5.70. The van der Waals surface area contributed by atoms with Crippen molar-refractivity contribution in [1.82, 2.24) is 0 Å². The Morgan fingerprint density at radius 2 is 2.08 bits per heavy atom. The van der Waals surface area contributed by atoms with Crippen molar-refractivity contribution < 1.29 is 18.7 Å².